The highest BCUT2D eigenvalue weighted by atomic mass is 31.2. The molecule has 1 saturated heterocycles. The third-order valence-electron chi connectivity index (χ3n) is 8.17. The van der Waals surface area contributed by atoms with E-state index in [9.17, 15) is 24.1 Å². The fourth-order valence-corrected chi connectivity index (χ4v) is 7.66. The average Bonchev–Trinajstić information content (AvgIpc) is 3.60. The molecule has 1 unspecified atom stereocenters. The average molecular weight is 664 g/mol. The molecule has 0 bridgehead atoms. The number of nitrogens with one attached hydrogen (secondary N) is 2. The molecular formula is C36H46N3O7P. The fraction of sp³-hybridized carbons (Fsp3) is 0.417. The second kappa shape index (κ2) is 19.0. The van der Waals surface area contributed by atoms with E-state index in [0.717, 1.165) is 24.0 Å². The molecule has 3 N–H and O–H groups in total. The molecule has 2 amide bonds. The van der Waals surface area contributed by atoms with Crippen LogP contribution in [0.1, 0.15) is 61.6 Å². The first kappa shape index (κ1) is 35.9. The minimum atomic E-state index is -3.54. The van der Waals surface area contributed by atoms with Crippen molar-refractivity contribution in [2.45, 2.75) is 76.7 Å². The van der Waals surface area contributed by atoms with E-state index in [2.05, 4.69) is 22.5 Å². The molecule has 0 spiro atoms. The number of ether oxygens (including phenoxy) is 1. The van der Waals surface area contributed by atoms with Crippen LogP contribution in [0.5, 0.6) is 0 Å². The van der Waals surface area contributed by atoms with Gasteiger partial charge in [0.15, 0.2) is 0 Å². The van der Waals surface area contributed by atoms with Gasteiger partial charge in [-0.25, -0.2) is 14.7 Å². The maximum Gasteiger partial charge on any atom is 0.407 e. The molecule has 0 aromatic heterocycles. The molecule has 1 heterocycles. The van der Waals surface area contributed by atoms with Crippen molar-refractivity contribution in [1.82, 2.24) is 15.3 Å². The topological polar surface area (TPSA) is 134 Å². The van der Waals surface area contributed by atoms with Gasteiger partial charge < -0.3 is 24.6 Å². The summed E-state index contributed by atoms with van der Waals surface area (Å²) in [7, 11) is -3.54. The Hall–Kier alpha value is -3.98. The summed E-state index contributed by atoms with van der Waals surface area (Å²) in [5, 5.41) is 15.6. The Balaban J connectivity index is 1.38. The van der Waals surface area contributed by atoms with Crippen molar-refractivity contribution in [3.8, 4) is 0 Å². The third kappa shape index (κ3) is 12.3. The second-order valence-corrected chi connectivity index (χ2v) is 14.1. The molecule has 0 aliphatic carbocycles. The third-order valence-corrected chi connectivity index (χ3v) is 10.3. The lowest BCUT2D eigenvalue weighted by Gasteiger charge is -2.30. The number of rotatable bonds is 19. The quantitative estimate of drug-likeness (QED) is 0.0972. The van der Waals surface area contributed by atoms with Crippen molar-refractivity contribution < 1.29 is 33.3 Å². The molecule has 1 aliphatic rings. The lowest BCUT2D eigenvalue weighted by atomic mass is 10.1. The highest BCUT2D eigenvalue weighted by Crippen LogP contribution is 2.45. The van der Waals surface area contributed by atoms with Crippen molar-refractivity contribution in [2.24, 2.45) is 0 Å². The van der Waals surface area contributed by atoms with E-state index < -0.39 is 37.6 Å². The van der Waals surface area contributed by atoms with Crippen LogP contribution in [-0.4, -0.2) is 59.3 Å². The van der Waals surface area contributed by atoms with Crippen LogP contribution < -0.4 is 10.4 Å². The van der Waals surface area contributed by atoms with Gasteiger partial charge >= 0.3 is 12.1 Å². The van der Waals surface area contributed by atoms with E-state index in [0.29, 0.717) is 51.6 Å². The van der Waals surface area contributed by atoms with Crippen LogP contribution in [0.4, 0.5) is 4.79 Å². The smallest absolute Gasteiger partial charge is 0.407 e. The SMILES string of the molecule is O=C(NCCCC[C@H](NP(=O)(CCCCc1ccccc1)OCc1ccccc1)C(=O)N1CCC[C@H]1C(=O)O)OCc1ccccc1. The molecule has 252 valence electrons. The Morgan fingerprint density at radius 3 is 2.09 bits per heavy atom. The summed E-state index contributed by atoms with van der Waals surface area (Å²) in [5.74, 6) is -1.44. The highest BCUT2D eigenvalue weighted by molar-refractivity contribution is 7.56. The number of carboxylic acid groups (broad SMARTS) is 1. The predicted molar refractivity (Wildman–Crippen MR) is 181 cm³/mol. The maximum atomic E-state index is 14.4. The number of carbonyl (C=O) groups is 3. The number of carbonyl (C=O) groups excluding carboxylic acids is 2. The van der Waals surface area contributed by atoms with Crippen LogP contribution in [0, 0.1) is 0 Å². The first-order chi connectivity index (χ1) is 22.8. The summed E-state index contributed by atoms with van der Waals surface area (Å²) in [6.45, 7) is 0.936. The van der Waals surface area contributed by atoms with Gasteiger partial charge in [0.1, 0.15) is 12.6 Å². The van der Waals surface area contributed by atoms with E-state index in [1.165, 1.54) is 10.5 Å². The first-order valence-electron chi connectivity index (χ1n) is 16.4. The van der Waals surface area contributed by atoms with Crippen LogP contribution >= 0.6 is 7.52 Å². The molecule has 0 radical (unpaired) electrons. The first-order valence-corrected chi connectivity index (χ1v) is 18.2. The molecule has 10 nitrogen and oxygen atoms in total. The van der Waals surface area contributed by atoms with Gasteiger partial charge in [-0.3, -0.25) is 9.36 Å². The van der Waals surface area contributed by atoms with Gasteiger partial charge in [-0.15, -0.1) is 0 Å². The van der Waals surface area contributed by atoms with Crippen molar-refractivity contribution in [1.29, 1.82) is 0 Å². The summed E-state index contributed by atoms with van der Waals surface area (Å²) in [5.41, 5.74) is 2.94. The van der Waals surface area contributed by atoms with Gasteiger partial charge in [0.2, 0.25) is 5.91 Å². The zero-order valence-corrected chi connectivity index (χ0v) is 27.7. The molecular weight excluding hydrogens is 617 g/mol. The van der Waals surface area contributed by atoms with Crippen molar-refractivity contribution in [3.05, 3.63) is 108 Å². The number of unbranched alkanes of at least 4 members (excludes halogenated alkanes) is 2. The van der Waals surface area contributed by atoms with Crippen LogP contribution in [-0.2, 0) is 43.0 Å². The predicted octanol–water partition coefficient (Wildman–Crippen LogP) is 6.55. The normalized spacial score (nSPS) is 16.3. The molecule has 4 rings (SSSR count). The Kier molecular flexibility index (Phi) is 14.5. The van der Waals surface area contributed by atoms with Crippen LogP contribution in [0.25, 0.3) is 0 Å². The number of amides is 2. The lowest BCUT2D eigenvalue weighted by Crippen LogP contribution is -2.49. The van der Waals surface area contributed by atoms with E-state index >= 15 is 0 Å². The number of alkyl carbamates (subject to hydrolysis) is 1. The van der Waals surface area contributed by atoms with Crippen molar-refractivity contribution in [3.63, 3.8) is 0 Å². The maximum absolute atomic E-state index is 14.4. The van der Waals surface area contributed by atoms with Crippen LogP contribution in [0.3, 0.4) is 0 Å². The van der Waals surface area contributed by atoms with E-state index in [1.54, 1.807) is 0 Å². The monoisotopic (exact) mass is 663 g/mol. The number of aryl methyl sites for hydroxylation is 1. The molecule has 1 aliphatic heterocycles. The van der Waals surface area contributed by atoms with Crippen molar-refractivity contribution in [2.75, 3.05) is 19.3 Å². The standard InChI is InChI=1S/C36H46N3O7P/c40-34(39-25-14-23-33(39)35(41)42)32(22-10-12-24-37-36(43)45-27-30-18-6-2-7-19-30)38-47(44,46-28-31-20-8-3-9-21-31)26-13-11-17-29-15-4-1-5-16-29/h1-9,15-16,18-21,32-33H,10-14,17,22-28H2,(H,37,43)(H,38,44)(H,41,42)/t32-,33-,47?/m0/s1. The summed E-state index contributed by atoms with van der Waals surface area (Å²) in [6.07, 6.45) is 4.26. The number of hydrogen-bond acceptors (Lipinski definition) is 6. The largest absolute Gasteiger partial charge is 0.480 e. The molecule has 3 atom stereocenters. The number of nitrogens with zero attached hydrogens (tertiary/aromatic N) is 1. The van der Waals surface area contributed by atoms with Gasteiger partial charge in [-0.1, -0.05) is 91.0 Å². The molecule has 1 fully saturated rings. The minimum absolute atomic E-state index is 0.112. The Labute approximate surface area is 277 Å². The molecule has 0 saturated carbocycles. The second-order valence-electron chi connectivity index (χ2n) is 11.8. The molecule has 3 aromatic carbocycles. The summed E-state index contributed by atoms with van der Waals surface area (Å²) >= 11 is 0. The van der Waals surface area contributed by atoms with E-state index in [-0.39, 0.29) is 19.4 Å². The Morgan fingerprint density at radius 1 is 0.830 bits per heavy atom. The molecule has 3 aromatic rings. The van der Waals surface area contributed by atoms with Gasteiger partial charge in [-0.05, 0) is 68.1 Å². The zero-order valence-electron chi connectivity index (χ0n) is 26.8. The highest BCUT2D eigenvalue weighted by Gasteiger charge is 2.39. The lowest BCUT2D eigenvalue weighted by molar-refractivity contribution is -0.148. The van der Waals surface area contributed by atoms with Crippen LogP contribution in [0.2, 0.25) is 0 Å². The molecule has 47 heavy (non-hydrogen) atoms. The number of likely N-dealkylation sites (tertiary alicyclic amines) is 1. The Bertz CT molecular complexity index is 1440. The van der Waals surface area contributed by atoms with Crippen molar-refractivity contribution >= 4 is 25.5 Å². The van der Waals surface area contributed by atoms with Gasteiger partial charge in [-0.2, -0.15) is 0 Å². The number of hydrogen-bond donors (Lipinski definition) is 3. The summed E-state index contributed by atoms with van der Waals surface area (Å²) in [6, 6.07) is 27.1. The fourth-order valence-electron chi connectivity index (χ4n) is 5.62. The zero-order chi connectivity index (χ0) is 33.3. The Morgan fingerprint density at radius 2 is 1.45 bits per heavy atom. The summed E-state index contributed by atoms with van der Waals surface area (Å²) < 4.78 is 25.8. The number of carboxylic acids is 1. The van der Waals surface area contributed by atoms with Crippen LogP contribution in [0.15, 0.2) is 91.0 Å². The van der Waals surface area contributed by atoms with Gasteiger partial charge in [0, 0.05) is 19.3 Å². The van der Waals surface area contributed by atoms with E-state index in [1.807, 2.05) is 78.9 Å². The number of aliphatic carboxylic acids is 1. The minimum Gasteiger partial charge on any atom is -0.480 e. The molecule has 11 heteroatoms. The number of benzene rings is 3. The van der Waals surface area contributed by atoms with E-state index in [4.69, 9.17) is 9.26 Å². The van der Waals surface area contributed by atoms with Gasteiger partial charge in [0.05, 0.1) is 12.6 Å². The summed E-state index contributed by atoms with van der Waals surface area (Å²) in [4.78, 5) is 39.3. The van der Waals surface area contributed by atoms with Gasteiger partial charge in [0.25, 0.3) is 7.52 Å².